The Hall–Kier alpha value is -3.39. The quantitative estimate of drug-likeness (QED) is 0.163. The Morgan fingerprint density at radius 2 is 1.67 bits per heavy atom. The molecule has 10 heteroatoms. The average molecular weight is 505 g/mol. The van der Waals surface area contributed by atoms with Gasteiger partial charge >= 0.3 is 17.8 Å². The highest BCUT2D eigenvalue weighted by Gasteiger charge is 2.15. The Kier molecular flexibility index (Phi) is 8.06. The zero-order valence-electron chi connectivity index (χ0n) is 17.1. The summed E-state index contributed by atoms with van der Waals surface area (Å²) in [6, 6.07) is 15.8. The molecule has 0 unspecified atom stereocenters. The van der Waals surface area contributed by atoms with Crippen LogP contribution < -0.4 is 15.5 Å². The van der Waals surface area contributed by atoms with Gasteiger partial charge in [0.2, 0.25) is 0 Å². The molecule has 0 aliphatic carbocycles. The molecule has 0 bridgehead atoms. The summed E-state index contributed by atoms with van der Waals surface area (Å²) in [7, 11) is 0. The monoisotopic (exact) mass is 503 g/mol. The molecule has 0 radical (unpaired) electrons. The number of nitrogens with zero attached hydrogens (tertiary/aromatic N) is 1. The van der Waals surface area contributed by atoms with Gasteiger partial charge in [0, 0.05) is 15.7 Å². The number of carbonyl (C=O) groups is 3. The second-order valence-corrected chi connectivity index (χ2v) is 7.90. The van der Waals surface area contributed by atoms with Crippen LogP contribution >= 0.6 is 34.8 Å². The third-order valence-corrected chi connectivity index (χ3v) is 5.28. The van der Waals surface area contributed by atoms with E-state index < -0.39 is 17.8 Å². The molecule has 0 heterocycles. The average Bonchev–Trinajstić information content (AvgIpc) is 2.77. The molecule has 3 aromatic carbocycles. The van der Waals surface area contributed by atoms with E-state index in [2.05, 4.69) is 15.8 Å². The molecule has 0 saturated heterocycles. The lowest BCUT2D eigenvalue weighted by Gasteiger charge is -2.08. The van der Waals surface area contributed by atoms with Crippen LogP contribution in [0, 0.1) is 6.92 Å². The number of esters is 1. The summed E-state index contributed by atoms with van der Waals surface area (Å²) in [5.41, 5.74) is 3.85. The summed E-state index contributed by atoms with van der Waals surface area (Å²) in [6.45, 7) is 1.72. The summed E-state index contributed by atoms with van der Waals surface area (Å²) < 4.78 is 5.32. The molecular formula is C23H16Cl3N3O4. The first-order valence-corrected chi connectivity index (χ1v) is 10.5. The maximum atomic E-state index is 12.3. The Morgan fingerprint density at radius 1 is 0.909 bits per heavy atom. The first-order valence-electron chi connectivity index (χ1n) is 9.41. The van der Waals surface area contributed by atoms with Crippen LogP contribution in [0.4, 0.5) is 5.69 Å². The molecule has 0 aliphatic heterocycles. The van der Waals surface area contributed by atoms with Gasteiger partial charge in [0.15, 0.2) is 0 Å². The molecule has 0 aliphatic rings. The molecule has 7 nitrogen and oxygen atoms in total. The van der Waals surface area contributed by atoms with Crippen LogP contribution in [0.3, 0.4) is 0 Å². The van der Waals surface area contributed by atoms with Crippen molar-refractivity contribution in [3.05, 3.63) is 92.4 Å². The van der Waals surface area contributed by atoms with E-state index in [1.807, 2.05) is 0 Å². The lowest BCUT2D eigenvalue weighted by atomic mass is 10.2. The number of hydrogen-bond acceptors (Lipinski definition) is 5. The topological polar surface area (TPSA) is 96.9 Å². The van der Waals surface area contributed by atoms with Gasteiger partial charge in [-0.1, -0.05) is 53.0 Å². The Balaban J connectivity index is 1.59. The molecule has 0 aromatic heterocycles. The number of halogens is 3. The van der Waals surface area contributed by atoms with Crippen LogP contribution in [0.1, 0.15) is 21.5 Å². The third-order valence-electron chi connectivity index (χ3n) is 4.32. The van der Waals surface area contributed by atoms with E-state index in [1.165, 1.54) is 30.5 Å². The predicted molar refractivity (Wildman–Crippen MR) is 128 cm³/mol. The number of amides is 2. The molecule has 3 rings (SSSR count). The lowest BCUT2D eigenvalue weighted by Crippen LogP contribution is -2.32. The van der Waals surface area contributed by atoms with Crippen LogP contribution in [0.5, 0.6) is 5.75 Å². The molecule has 3 aromatic rings. The van der Waals surface area contributed by atoms with Gasteiger partial charge in [-0.15, -0.1) is 0 Å². The number of hydrogen-bond donors (Lipinski definition) is 2. The normalized spacial score (nSPS) is 10.7. The van der Waals surface area contributed by atoms with Crippen LogP contribution in [0.2, 0.25) is 15.1 Å². The van der Waals surface area contributed by atoms with Crippen molar-refractivity contribution >= 4 is 64.5 Å². The zero-order valence-corrected chi connectivity index (χ0v) is 19.3. The standard InChI is InChI=1S/C23H16Cl3N3O4/c1-13-18(25)6-3-7-20(13)28-21(30)22(31)29-27-12-14-4-2-5-16(10-14)33-23(32)17-9-8-15(24)11-19(17)26/h2-12H,1H3,(H,28,30)(H,29,31)/b27-12+. The van der Waals surface area contributed by atoms with Crippen molar-refractivity contribution in [2.45, 2.75) is 6.92 Å². The number of nitrogens with one attached hydrogen (secondary N) is 2. The van der Waals surface area contributed by atoms with Crippen molar-refractivity contribution in [3.63, 3.8) is 0 Å². The molecule has 33 heavy (non-hydrogen) atoms. The molecule has 168 valence electrons. The number of benzene rings is 3. The van der Waals surface area contributed by atoms with Crippen LogP contribution in [-0.2, 0) is 9.59 Å². The highest BCUT2D eigenvalue weighted by molar-refractivity contribution is 6.40. The predicted octanol–water partition coefficient (Wildman–Crippen LogP) is 5.26. The first kappa shape index (κ1) is 24.3. The lowest BCUT2D eigenvalue weighted by molar-refractivity contribution is -0.136. The minimum Gasteiger partial charge on any atom is -0.423 e. The SMILES string of the molecule is Cc1c(Cl)cccc1NC(=O)C(=O)N/N=C/c1cccc(OC(=O)c2ccc(Cl)cc2Cl)c1. The summed E-state index contributed by atoms with van der Waals surface area (Å²) in [4.78, 5) is 36.4. The minimum atomic E-state index is -0.967. The highest BCUT2D eigenvalue weighted by Crippen LogP contribution is 2.24. The molecular weight excluding hydrogens is 489 g/mol. The molecule has 0 fully saturated rings. The molecule has 2 amide bonds. The van der Waals surface area contributed by atoms with Gasteiger partial charge in [0.05, 0.1) is 16.8 Å². The number of rotatable bonds is 5. The second kappa shape index (κ2) is 11.0. The van der Waals surface area contributed by atoms with Crippen molar-refractivity contribution in [1.29, 1.82) is 0 Å². The fourth-order valence-corrected chi connectivity index (χ4v) is 3.27. The number of anilines is 1. The van der Waals surface area contributed by atoms with Crippen LogP contribution in [0.25, 0.3) is 0 Å². The molecule has 0 saturated carbocycles. The first-order chi connectivity index (χ1) is 15.7. The van der Waals surface area contributed by atoms with Crippen LogP contribution in [-0.4, -0.2) is 24.0 Å². The molecule has 2 N–H and O–H groups in total. The number of ether oxygens (including phenoxy) is 1. The van der Waals surface area contributed by atoms with Crippen molar-refractivity contribution in [3.8, 4) is 5.75 Å². The summed E-state index contributed by atoms with van der Waals surface area (Å²) in [5, 5.41) is 7.25. The van der Waals surface area contributed by atoms with Gasteiger partial charge in [-0.05, 0) is 60.5 Å². The maximum absolute atomic E-state index is 12.3. The third kappa shape index (κ3) is 6.55. The van der Waals surface area contributed by atoms with E-state index >= 15 is 0 Å². The van der Waals surface area contributed by atoms with Crippen molar-refractivity contribution in [2.75, 3.05) is 5.32 Å². The number of carbonyl (C=O) groups excluding carboxylic acids is 3. The van der Waals surface area contributed by atoms with E-state index in [-0.39, 0.29) is 16.3 Å². The van der Waals surface area contributed by atoms with E-state index in [9.17, 15) is 14.4 Å². The van der Waals surface area contributed by atoms with Gasteiger partial charge in [-0.2, -0.15) is 5.10 Å². The van der Waals surface area contributed by atoms with E-state index in [4.69, 9.17) is 39.5 Å². The fourth-order valence-electron chi connectivity index (χ4n) is 2.61. The van der Waals surface area contributed by atoms with Crippen LogP contribution in [0.15, 0.2) is 65.8 Å². The number of hydrazone groups is 1. The van der Waals surface area contributed by atoms with Crippen molar-refractivity contribution in [1.82, 2.24) is 5.43 Å². The van der Waals surface area contributed by atoms with Gasteiger partial charge < -0.3 is 10.1 Å². The van der Waals surface area contributed by atoms with Crippen molar-refractivity contribution < 1.29 is 19.1 Å². The largest absolute Gasteiger partial charge is 0.423 e. The fraction of sp³-hybridized carbons (Fsp3) is 0.0435. The van der Waals surface area contributed by atoms with Gasteiger partial charge in [0.1, 0.15) is 5.75 Å². The van der Waals surface area contributed by atoms with E-state index in [1.54, 1.807) is 43.3 Å². The summed E-state index contributed by atoms with van der Waals surface area (Å²) in [6.07, 6.45) is 1.29. The smallest absolute Gasteiger partial charge is 0.345 e. The van der Waals surface area contributed by atoms with Gasteiger partial charge in [-0.3, -0.25) is 9.59 Å². The summed E-state index contributed by atoms with van der Waals surface area (Å²) in [5.74, 6) is -2.30. The molecule has 0 atom stereocenters. The highest BCUT2D eigenvalue weighted by atomic mass is 35.5. The second-order valence-electron chi connectivity index (χ2n) is 6.65. The van der Waals surface area contributed by atoms with Gasteiger partial charge in [0.25, 0.3) is 0 Å². The Morgan fingerprint density at radius 3 is 2.42 bits per heavy atom. The maximum Gasteiger partial charge on any atom is 0.345 e. The van der Waals surface area contributed by atoms with E-state index in [0.29, 0.717) is 26.9 Å². The summed E-state index contributed by atoms with van der Waals surface area (Å²) >= 11 is 17.9. The minimum absolute atomic E-state index is 0.161. The van der Waals surface area contributed by atoms with Crippen molar-refractivity contribution in [2.24, 2.45) is 5.10 Å². The molecule has 0 spiro atoms. The van der Waals surface area contributed by atoms with Gasteiger partial charge in [-0.25, -0.2) is 10.2 Å². The van der Waals surface area contributed by atoms with E-state index in [0.717, 1.165) is 0 Å². The Bertz CT molecular complexity index is 1260. The zero-order chi connectivity index (χ0) is 24.0. The Labute approximate surface area is 204 Å².